The Morgan fingerprint density at radius 2 is 1.90 bits per heavy atom. The average molecular weight is 299 g/mol. The SMILES string of the molecule is Cc1ccc2c(c1)c(C#N)c(Cl)n2Cc1ccc(F)cc1. The van der Waals surface area contributed by atoms with E-state index in [1.165, 1.54) is 12.1 Å². The van der Waals surface area contributed by atoms with Crippen molar-refractivity contribution in [3.05, 3.63) is 70.1 Å². The van der Waals surface area contributed by atoms with Crippen LogP contribution in [-0.4, -0.2) is 4.57 Å². The summed E-state index contributed by atoms with van der Waals surface area (Å²) in [5.41, 5.74) is 3.40. The quantitative estimate of drug-likeness (QED) is 0.676. The van der Waals surface area contributed by atoms with Crippen LogP contribution in [0, 0.1) is 24.1 Å². The van der Waals surface area contributed by atoms with Gasteiger partial charge < -0.3 is 4.57 Å². The van der Waals surface area contributed by atoms with Gasteiger partial charge in [0.1, 0.15) is 17.0 Å². The lowest BCUT2D eigenvalue weighted by molar-refractivity contribution is 0.626. The zero-order valence-electron chi connectivity index (χ0n) is 11.4. The zero-order chi connectivity index (χ0) is 15.0. The van der Waals surface area contributed by atoms with Crippen LogP contribution in [0.4, 0.5) is 4.39 Å². The normalized spacial score (nSPS) is 10.8. The van der Waals surface area contributed by atoms with Gasteiger partial charge in [0.15, 0.2) is 0 Å². The van der Waals surface area contributed by atoms with E-state index in [2.05, 4.69) is 6.07 Å². The summed E-state index contributed by atoms with van der Waals surface area (Å²) >= 11 is 6.35. The minimum absolute atomic E-state index is 0.268. The molecule has 0 unspecified atom stereocenters. The Kier molecular flexibility index (Phi) is 3.40. The fourth-order valence-electron chi connectivity index (χ4n) is 2.47. The van der Waals surface area contributed by atoms with Gasteiger partial charge in [-0.15, -0.1) is 0 Å². The first-order valence-electron chi connectivity index (χ1n) is 6.53. The Hall–Kier alpha value is -2.31. The molecular weight excluding hydrogens is 287 g/mol. The molecule has 2 nitrogen and oxygen atoms in total. The fraction of sp³-hybridized carbons (Fsp3) is 0.118. The Morgan fingerprint density at radius 1 is 1.19 bits per heavy atom. The van der Waals surface area contributed by atoms with Crippen molar-refractivity contribution in [2.24, 2.45) is 0 Å². The second-order valence-electron chi connectivity index (χ2n) is 5.01. The Balaban J connectivity index is 2.16. The van der Waals surface area contributed by atoms with E-state index >= 15 is 0 Å². The Labute approximate surface area is 127 Å². The molecule has 2 aromatic carbocycles. The molecule has 1 heterocycles. The van der Waals surface area contributed by atoms with Crippen LogP contribution in [0.5, 0.6) is 0 Å². The van der Waals surface area contributed by atoms with Gasteiger partial charge in [-0.2, -0.15) is 5.26 Å². The van der Waals surface area contributed by atoms with Crippen molar-refractivity contribution in [1.29, 1.82) is 5.26 Å². The summed E-state index contributed by atoms with van der Waals surface area (Å²) < 4.78 is 14.9. The zero-order valence-corrected chi connectivity index (χ0v) is 12.2. The molecule has 0 fully saturated rings. The van der Waals surface area contributed by atoms with Crippen molar-refractivity contribution in [2.75, 3.05) is 0 Å². The van der Waals surface area contributed by atoms with Crippen molar-refractivity contribution >= 4 is 22.5 Å². The highest BCUT2D eigenvalue weighted by Gasteiger charge is 2.15. The minimum Gasteiger partial charge on any atom is -0.326 e. The maximum absolute atomic E-state index is 13.0. The molecule has 0 amide bonds. The molecule has 0 aliphatic heterocycles. The van der Waals surface area contributed by atoms with E-state index in [1.54, 1.807) is 12.1 Å². The number of nitriles is 1. The first kappa shape index (κ1) is 13.7. The van der Waals surface area contributed by atoms with Crippen LogP contribution < -0.4 is 0 Å². The van der Waals surface area contributed by atoms with Crippen LogP contribution in [-0.2, 0) is 6.54 Å². The number of hydrogen-bond donors (Lipinski definition) is 0. The van der Waals surface area contributed by atoms with Gasteiger partial charge in [-0.3, -0.25) is 0 Å². The molecule has 0 N–H and O–H groups in total. The van der Waals surface area contributed by atoms with Gasteiger partial charge in [0.2, 0.25) is 0 Å². The lowest BCUT2D eigenvalue weighted by Crippen LogP contribution is -1.99. The van der Waals surface area contributed by atoms with Gasteiger partial charge in [0, 0.05) is 11.9 Å². The van der Waals surface area contributed by atoms with Crippen LogP contribution in [0.1, 0.15) is 16.7 Å². The van der Waals surface area contributed by atoms with Gasteiger partial charge >= 0.3 is 0 Å². The smallest absolute Gasteiger partial charge is 0.128 e. The number of benzene rings is 2. The number of aryl methyl sites for hydroxylation is 1. The van der Waals surface area contributed by atoms with Crippen LogP contribution >= 0.6 is 11.6 Å². The molecule has 0 aliphatic carbocycles. The molecule has 3 aromatic rings. The molecule has 1 aromatic heterocycles. The third-order valence-corrected chi connectivity index (χ3v) is 3.91. The van der Waals surface area contributed by atoms with Crippen molar-refractivity contribution < 1.29 is 4.39 Å². The second-order valence-corrected chi connectivity index (χ2v) is 5.37. The first-order valence-corrected chi connectivity index (χ1v) is 6.91. The van der Waals surface area contributed by atoms with E-state index in [-0.39, 0.29) is 5.82 Å². The standard InChI is InChI=1S/C17H12ClFN2/c1-11-2-7-16-14(8-11)15(9-20)17(18)21(16)10-12-3-5-13(19)6-4-12/h2-8H,10H2,1H3. The molecule has 0 saturated carbocycles. The van der Waals surface area contributed by atoms with Crippen molar-refractivity contribution in [3.63, 3.8) is 0 Å². The lowest BCUT2D eigenvalue weighted by atomic mass is 10.1. The number of fused-ring (bicyclic) bond motifs is 1. The van der Waals surface area contributed by atoms with E-state index in [0.717, 1.165) is 22.0 Å². The number of halogens is 2. The molecule has 0 bridgehead atoms. The number of aromatic nitrogens is 1. The lowest BCUT2D eigenvalue weighted by Gasteiger charge is -2.07. The maximum atomic E-state index is 13.0. The van der Waals surface area contributed by atoms with Crippen molar-refractivity contribution in [2.45, 2.75) is 13.5 Å². The number of rotatable bonds is 2. The topological polar surface area (TPSA) is 28.7 Å². The second kappa shape index (κ2) is 5.23. The fourth-order valence-corrected chi connectivity index (χ4v) is 2.77. The molecule has 21 heavy (non-hydrogen) atoms. The largest absolute Gasteiger partial charge is 0.326 e. The molecule has 0 aliphatic rings. The van der Waals surface area contributed by atoms with Gasteiger partial charge in [-0.25, -0.2) is 4.39 Å². The van der Waals surface area contributed by atoms with Crippen LogP contribution in [0.25, 0.3) is 10.9 Å². The van der Waals surface area contributed by atoms with Crippen molar-refractivity contribution in [1.82, 2.24) is 4.57 Å². The average Bonchev–Trinajstić information content (AvgIpc) is 2.73. The number of nitrogens with zero attached hydrogens (tertiary/aromatic N) is 2. The molecule has 0 radical (unpaired) electrons. The first-order chi connectivity index (χ1) is 10.1. The Bertz CT molecular complexity index is 857. The van der Waals surface area contributed by atoms with E-state index < -0.39 is 0 Å². The van der Waals surface area contributed by atoms with Gasteiger partial charge in [-0.1, -0.05) is 35.4 Å². The van der Waals surface area contributed by atoms with E-state index in [0.29, 0.717) is 17.3 Å². The molecule has 0 saturated heterocycles. The molecule has 3 rings (SSSR count). The predicted octanol–water partition coefficient (Wildman–Crippen LogP) is 4.66. The third kappa shape index (κ3) is 2.39. The predicted molar refractivity (Wildman–Crippen MR) is 81.9 cm³/mol. The molecule has 0 spiro atoms. The van der Waals surface area contributed by atoms with Crippen LogP contribution in [0.2, 0.25) is 5.15 Å². The molecule has 4 heteroatoms. The summed E-state index contributed by atoms with van der Waals surface area (Å²) in [7, 11) is 0. The van der Waals surface area contributed by atoms with E-state index in [1.807, 2.05) is 29.7 Å². The van der Waals surface area contributed by atoms with Crippen molar-refractivity contribution in [3.8, 4) is 6.07 Å². The summed E-state index contributed by atoms with van der Waals surface area (Å²) in [5.74, 6) is -0.268. The van der Waals surface area contributed by atoms with Gasteiger partial charge in [0.05, 0.1) is 11.1 Å². The summed E-state index contributed by atoms with van der Waals surface area (Å²) in [5, 5.41) is 10.6. The van der Waals surface area contributed by atoms with Gasteiger partial charge in [-0.05, 0) is 36.8 Å². The van der Waals surface area contributed by atoms with E-state index in [9.17, 15) is 9.65 Å². The highest BCUT2D eigenvalue weighted by atomic mass is 35.5. The summed E-state index contributed by atoms with van der Waals surface area (Å²) in [6, 6.07) is 14.4. The molecule has 0 atom stereocenters. The highest BCUT2D eigenvalue weighted by Crippen LogP contribution is 2.31. The highest BCUT2D eigenvalue weighted by molar-refractivity contribution is 6.32. The third-order valence-electron chi connectivity index (χ3n) is 3.52. The summed E-state index contributed by atoms with van der Waals surface area (Å²) in [6.45, 7) is 2.48. The van der Waals surface area contributed by atoms with Gasteiger partial charge in [0.25, 0.3) is 0 Å². The summed E-state index contributed by atoms with van der Waals surface area (Å²) in [6.07, 6.45) is 0. The summed E-state index contributed by atoms with van der Waals surface area (Å²) in [4.78, 5) is 0. The Morgan fingerprint density at radius 3 is 2.57 bits per heavy atom. The monoisotopic (exact) mass is 298 g/mol. The van der Waals surface area contributed by atoms with Crippen LogP contribution in [0.15, 0.2) is 42.5 Å². The minimum atomic E-state index is -0.268. The number of hydrogen-bond acceptors (Lipinski definition) is 1. The van der Waals surface area contributed by atoms with E-state index in [4.69, 9.17) is 11.6 Å². The maximum Gasteiger partial charge on any atom is 0.128 e. The van der Waals surface area contributed by atoms with Crippen LogP contribution in [0.3, 0.4) is 0 Å². The molecular formula is C17H12ClFN2. The molecule has 104 valence electrons.